The van der Waals surface area contributed by atoms with Crippen LogP contribution in [0.5, 0.6) is 5.75 Å². The third kappa shape index (κ3) is 11.7. The van der Waals surface area contributed by atoms with Gasteiger partial charge < -0.3 is 41.8 Å². The smallest absolute Gasteiger partial charge is 0.303 e. The van der Waals surface area contributed by atoms with Crippen LogP contribution in [-0.4, -0.2) is 86.8 Å². The van der Waals surface area contributed by atoms with Gasteiger partial charge in [-0.3, -0.25) is 38.9 Å². The molecule has 17 nitrogen and oxygen atoms in total. The van der Waals surface area contributed by atoms with Gasteiger partial charge in [0.15, 0.2) is 0 Å². The van der Waals surface area contributed by atoms with Crippen molar-refractivity contribution in [2.45, 2.75) is 56.3 Å². The first-order valence-electron chi connectivity index (χ1n) is 18.6. The van der Waals surface area contributed by atoms with E-state index in [9.17, 15) is 49.1 Å². The van der Waals surface area contributed by atoms with Gasteiger partial charge in [0, 0.05) is 55.9 Å². The van der Waals surface area contributed by atoms with E-state index in [1.165, 1.54) is 49.5 Å². The summed E-state index contributed by atoms with van der Waals surface area (Å²) in [5, 5.41) is 44.8. The highest BCUT2D eigenvalue weighted by Gasteiger charge is 2.33. The van der Waals surface area contributed by atoms with E-state index in [-0.39, 0.29) is 37.0 Å². The van der Waals surface area contributed by atoms with Crippen LogP contribution < -0.4 is 26.6 Å². The summed E-state index contributed by atoms with van der Waals surface area (Å²) in [4.78, 5) is 94.5. The number of para-hydroxylation sites is 2. The zero-order chi connectivity index (χ0) is 42.5. The average Bonchev–Trinajstić information content (AvgIpc) is 3.64. The number of fused-ring (bicyclic) bond motifs is 1. The van der Waals surface area contributed by atoms with Crippen LogP contribution in [0.1, 0.15) is 39.9 Å². The number of nitrogens with zero attached hydrogens (tertiary/aromatic N) is 1. The number of phenolic OH excluding ortho intramolecular Hbond substituents is 1. The molecule has 59 heavy (non-hydrogen) atoms. The maximum absolute atomic E-state index is 14.2. The highest BCUT2D eigenvalue weighted by Crippen LogP contribution is 2.21. The first kappa shape index (κ1) is 42.6. The molecule has 0 saturated carbocycles. The summed E-state index contributed by atoms with van der Waals surface area (Å²) < 4.78 is 0. The predicted octanol–water partition coefficient (Wildman–Crippen LogP) is 2.67. The number of likely N-dealkylation sites (N-methyl/N-ethyl adjacent to an activating group) is 1. The molecule has 0 fully saturated rings. The van der Waals surface area contributed by atoms with Crippen LogP contribution in [0.3, 0.4) is 0 Å². The van der Waals surface area contributed by atoms with Gasteiger partial charge in [0.05, 0.1) is 4.92 Å². The topological polar surface area (TPSA) is 262 Å². The number of carboxylic acid groups (broad SMARTS) is 1. The Morgan fingerprint density at radius 1 is 0.661 bits per heavy atom. The summed E-state index contributed by atoms with van der Waals surface area (Å²) in [6, 6.07) is 21.5. The molecule has 0 aliphatic heterocycles. The van der Waals surface area contributed by atoms with Crippen molar-refractivity contribution in [3.05, 3.63) is 142 Å². The van der Waals surface area contributed by atoms with Crippen molar-refractivity contribution in [2.24, 2.45) is 0 Å². The Morgan fingerprint density at radius 2 is 1.20 bits per heavy atom. The summed E-state index contributed by atoms with van der Waals surface area (Å²) in [5.41, 5.74) is 1.80. The Morgan fingerprint density at radius 3 is 1.85 bits per heavy atom. The minimum absolute atomic E-state index is 0.0561. The second kappa shape index (κ2) is 20.0. The lowest BCUT2D eigenvalue weighted by Crippen LogP contribution is -2.59. The van der Waals surface area contributed by atoms with Crippen LogP contribution in [0.2, 0.25) is 0 Å². The van der Waals surface area contributed by atoms with Crippen molar-refractivity contribution in [2.75, 3.05) is 7.05 Å². The average molecular weight is 806 g/mol. The summed E-state index contributed by atoms with van der Waals surface area (Å²) in [5.74, 6) is -5.38. The number of carbonyl (C=O) groups is 6. The van der Waals surface area contributed by atoms with E-state index in [1.54, 1.807) is 36.5 Å². The van der Waals surface area contributed by atoms with Gasteiger partial charge in [-0.15, -0.1) is 0 Å². The molecule has 0 spiro atoms. The van der Waals surface area contributed by atoms with Crippen LogP contribution in [0.25, 0.3) is 10.9 Å². The van der Waals surface area contributed by atoms with Crippen molar-refractivity contribution in [1.82, 2.24) is 31.6 Å². The van der Waals surface area contributed by atoms with Crippen LogP contribution >= 0.6 is 0 Å². The summed E-state index contributed by atoms with van der Waals surface area (Å²) in [6.45, 7) is 0. The second-order valence-electron chi connectivity index (χ2n) is 13.7. The largest absolute Gasteiger partial charge is 0.508 e. The van der Waals surface area contributed by atoms with E-state index in [0.29, 0.717) is 11.1 Å². The normalized spacial score (nSPS) is 12.9. The van der Waals surface area contributed by atoms with Crippen LogP contribution in [0.15, 0.2) is 109 Å². The van der Waals surface area contributed by atoms with Crippen LogP contribution in [-0.2, 0) is 43.2 Å². The Bertz CT molecular complexity index is 2310. The molecule has 0 unspecified atom stereocenters. The lowest BCUT2D eigenvalue weighted by atomic mass is 10.0. The third-order valence-corrected chi connectivity index (χ3v) is 9.52. The first-order chi connectivity index (χ1) is 28.3. The summed E-state index contributed by atoms with van der Waals surface area (Å²) in [6.07, 6.45) is 0.583. The van der Waals surface area contributed by atoms with Gasteiger partial charge in [-0.25, -0.2) is 0 Å². The Kier molecular flexibility index (Phi) is 14.5. The number of hydrogen-bond donors (Lipinski definition) is 8. The molecule has 0 bridgehead atoms. The van der Waals surface area contributed by atoms with Crippen LogP contribution in [0, 0.1) is 10.1 Å². The Hall–Kier alpha value is -7.56. The molecule has 0 aliphatic rings. The number of rotatable bonds is 19. The van der Waals surface area contributed by atoms with Gasteiger partial charge in [0.2, 0.25) is 23.6 Å². The Balaban J connectivity index is 1.41. The molecule has 0 radical (unpaired) electrons. The molecule has 0 aliphatic carbocycles. The number of phenols is 1. The van der Waals surface area contributed by atoms with Gasteiger partial charge in [-0.2, -0.15) is 0 Å². The highest BCUT2D eigenvalue weighted by atomic mass is 16.6. The number of aliphatic carboxylic acids is 1. The number of hydrogen-bond acceptors (Lipinski definition) is 9. The van der Waals surface area contributed by atoms with Crippen molar-refractivity contribution in [1.29, 1.82) is 0 Å². The fraction of sp³-hybridized carbons (Fsp3) is 0.238. The van der Waals surface area contributed by atoms with E-state index in [1.807, 2.05) is 24.3 Å². The second-order valence-corrected chi connectivity index (χ2v) is 13.7. The molecule has 1 aromatic heterocycles. The molecule has 0 saturated heterocycles. The lowest BCUT2D eigenvalue weighted by molar-refractivity contribution is -0.385. The molecule has 5 aromatic rings. The van der Waals surface area contributed by atoms with E-state index in [4.69, 9.17) is 0 Å². The summed E-state index contributed by atoms with van der Waals surface area (Å²) in [7, 11) is 1.40. The Labute approximate surface area is 337 Å². The number of H-pyrrole nitrogens is 1. The van der Waals surface area contributed by atoms with Gasteiger partial charge in [-0.05, 0) is 47.4 Å². The highest BCUT2D eigenvalue weighted by molar-refractivity contribution is 6.01. The molecule has 306 valence electrons. The zero-order valence-corrected chi connectivity index (χ0v) is 31.8. The fourth-order valence-corrected chi connectivity index (χ4v) is 6.45. The molecular weight excluding hydrogens is 763 g/mol. The molecule has 8 N–H and O–H groups in total. The zero-order valence-electron chi connectivity index (χ0n) is 31.8. The van der Waals surface area contributed by atoms with Crippen molar-refractivity contribution < 1.29 is 43.9 Å². The monoisotopic (exact) mass is 805 g/mol. The van der Waals surface area contributed by atoms with Gasteiger partial charge in [0.25, 0.3) is 11.6 Å². The number of nitro benzene ring substituents is 1. The molecule has 4 aromatic carbocycles. The van der Waals surface area contributed by atoms with Gasteiger partial charge in [0.1, 0.15) is 35.5 Å². The molecule has 17 heteroatoms. The van der Waals surface area contributed by atoms with Crippen LogP contribution in [0.4, 0.5) is 5.69 Å². The quantitative estimate of drug-likeness (QED) is 0.0447. The molecule has 5 amide bonds. The minimum Gasteiger partial charge on any atom is -0.508 e. The van der Waals surface area contributed by atoms with Crippen molar-refractivity contribution in [3.8, 4) is 5.75 Å². The van der Waals surface area contributed by atoms with Crippen molar-refractivity contribution in [3.63, 3.8) is 0 Å². The summed E-state index contributed by atoms with van der Waals surface area (Å²) >= 11 is 0. The minimum atomic E-state index is -1.48. The van der Waals surface area contributed by atoms with Crippen molar-refractivity contribution >= 4 is 52.1 Å². The number of aromatic hydroxyl groups is 1. The van der Waals surface area contributed by atoms with E-state index in [0.717, 1.165) is 22.5 Å². The number of benzene rings is 4. The number of carbonyl (C=O) groups excluding carboxylic acids is 5. The van der Waals surface area contributed by atoms with Gasteiger partial charge >= 0.3 is 5.97 Å². The standard InChI is InChI=1S/C42H43N7O10/c1-43-39(54)35(23-27-24-44-31-13-7-5-11-29(27)31)48-40(55)32(19-20-37(51)52)45-41(56)34(21-25-9-3-2-4-10-25)47-42(57)33(22-26-15-17-28(50)18-16-26)46-38(53)30-12-6-8-14-36(30)49(58)59/h2-18,24,32-35,44,50H,19-23H2,1H3,(H,43,54)(H,45,56)(H,46,53)(H,47,57)(H,48,55)(H,51,52)/t32-,33-,34-,35-/m0/s1. The van der Waals surface area contributed by atoms with E-state index in [2.05, 4.69) is 31.6 Å². The van der Waals surface area contributed by atoms with E-state index < -0.39 is 76.7 Å². The van der Waals surface area contributed by atoms with Gasteiger partial charge in [-0.1, -0.05) is 72.8 Å². The molecule has 4 atom stereocenters. The molecular formula is C42H43N7O10. The number of nitrogens with one attached hydrogen (secondary N) is 6. The lowest BCUT2D eigenvalue weighted by Gasteiger charge is -2.26. The predicted molar refractivity (Wildman–Crippen MR) is 215 cm³/mol. The number of aromatic amines is 1. The molecule has 1 heterocycles. The number of aromatic nitrogens is 1. The number of amides is 5. The SMILES string of the molecule is CNC(=O)[C@H](Cc1c[nH]c2ccccc12)NC(=O)[C@H](CCC(=O)O)NC(=O)[C@H](Cc1ccccc1)NC(=O)[C@H](Cc1ccc(O)cc1)NC(=O)c1ccccc1[N+](=O)[O-]. The first-order valence-corrected chi connectivity index (χ1v) is 18.6. The fourth-order valence-electron chi connectivity index (χ4n) is 6.45. The van der Waals surface area contributed by atoms with E-state index >= 15 is 0 Å². The maximum atomic E-state index is 14.2. The molecule has 5 rings (SSSR count). The number of carboxylic acids is 1. The third-order valence-electron chi connectivity index (χ3n) is 9.52. The maximum Gasteiger partial charge on any atom is 0.303 e. The number of nitro groups is 1.